The van der Waals surface area contributed by atoms with E-state index in [-0.39, 0.29) is 36.8 Å². The molecule has 2 heterocycles. The van der Waals surface area contributed by atoms with Gasteiger partial charge >= 0.3 is 0 Å². The van der Waals surface area contributed by atoms with Crippen molar-refractivity contribution in [3.05, 3.63) is 42.2 Å². The van der Waals surface area contributed by atoms with Gasteiger partial charge in [-0.15, -0.1) is 10.2 Å². The van der Waals surface area contributed by atoms with E-state index in [1.807, 2.05) is 30.9 Å². The molecule has 33 heavy (non-hydrogen) atoms. The number of aromatic nitrogens is 2. The van der Waals surface area contributed by atoms with E-state index in [2.05, 4.69) is 15.1 Å². The van der Waals surface area contributed by atoms with E-state index in [1.165, 1.54) is 19.2 Å². The van der Waals surface area contributed by atoms with Gasteiger partial charge in [-0.05, 0) is 56.2 Å². The molecular weight excluding hydrogens is 425 g/mol. The van der Waals surface area contributed by atoms with Crippen LogP contribution in [0, 0.1) is 5.82 Å². The Balaban J connectivity index is 1.60. The van der Waals surface area contributed by atoms with Gasteiger partial charge in [0.25, 0.3) is 0 Å². The lowest BCUT2D eigenvalue weighted by molar-refractivity contribution is -0.144. The number of hydrogen-bond donors (Lipinski definition) is 0. The summed E-state index contributed by atoms with van der Waals surface area (Å²) in [7, 11) is 1.48. The van der Waals surface area contributed by atoms with Crippen molar-refractivity contribution in [3.8, 4) is 11.3 Å². The van der Waals surface area contributed by atoms with Crippen LogP contribution in [0.5, 0.6) is 0 Å². The fraction of sp³-hybridized carbons (Fsp3) is 0.500. The minimum absolute atomic E-state index is 0.0298. The third-order valence-corrected chi connectivity index (χ3v) is 5.98. The summed E-state index contributed by atoms with van der Waals surface area (Å²) >= 11 is 0. The number of hydrogen-bond acceptors (Lipinski definition) is 6. The Bertz CT molecular complexity index is 923. The monoisotopic (exact) mass is 457 g/mol. The zero-order valence-electron chi connectivity index (χ0n) is 19.5. The zero-order valence-corrected chi connectivity index (χ0v) is 19.5. The van der Waals surface area contributed by atoms with E-state index < -0.39 is 0 Å². The van der Waals surface area contributed by atoms with Crippen LogP contribution < -0.4 is 4.90 Å². The SMILES string of the molecule is CCC(C)N(CC(=O)N1CCCN(c2ccc(-c3ccc(F)cc3)nn2)CC1)C(=O)COC. The Morgan fingerprint density at radius 2 is 1.85 bits per heavy atom. The van der Waals surface area contributed by atoms with E-state index in [9.17, 15) is 14.0 Å². The van der Waals surface area contributed by atoms with Crippen molar-refractivity contribution >= 4 is 17.6 Å². The van der Waals surface area contributed by atoms with Crippen LogP contribution in [0.1, 0.15) is 26.7 Å². The molecule has 0 spiro atoms. The van der Waals surface area contributed by atoms with Crippen LogP contribution in [0.25, 0.3) is 11.3 Å². The quantitative estimate of drug-likeness (QED) is 0.606. The second kappa shape index (κ2) is 11.7. The van der Waals surface area contributed by atoms with Crippen LogP contribution in [0.15, 0.2) is 36.4 Å². The molecule has 2 amide bonds. The van der Waals surface area contributed by atoms with Gasteiger partial charge in [0.1, 0.15) is 19.0 Å². The summed E-state index contributed by atoms with van der Waals surface area (Å²) in [6.07, 6.45) is 1.56. The second-order valence-electron chi connectivity index (χ2n) is 8.22. The molecule has 1 aromatic carbocycles. The van der Waals surface area contributed by atoms with Crippen LogP contribution in [0.4, 0.5) is 10.2 Å². The molecule has 0 bridgehead atoms. The number of carbonyl (C=O) groups is 2. The standard InChI is InChI=1S/C24H32FN5O3/c1-4-18(2)30(24(32)17-33-3)16-23(31)29-13-5-12-28(14-15-29)22-11-10-21(26-27-22)19-6-8-20(25)9-7-19/h6-11,18H,4-5,12-17H2,1-3H3. The van der Waals surface area contributed by atoms with E-state index in [1.54, 1.807) is 17.0 Å². The Morgan fingerprint density at radius 1 is 1.09 bits per heavy atom. The topological polar surface area (TPSA) is 78.9 Å². The van der Waals surface area contributed by atoms with Crippen LogP contribution in [-0.2, 0) is 14.3 Å². The first-order valence-electron chi connectivity index (χ1n) is 11.3. The molecule has 1 fully saturated rings. The van der Waals surface area contributed by atoms with Crippen molar-refractivity contribution in [3.63, 3.8) is 0 Å². The van der Waals surface area contributed by atoms with Crippen LogP contribution in [0.2, 0.25) is 0 Å². The number of anilines is 1. The maximum Gasteiger partial charge on any atom is 0.249 e. The lowest BCUT2D eigenvalue weighted by Gasteiger charge is -2.30. The normalized spacial score (nSPS) is 15.2. The van der Waals surface area contributed by atoms with Crippen molar-refractivity contribution in [2.45, 2.75) is 32.7 Å². The lowest BCUT2D eigenvalue weighted by Crippen LogP contribution is -2.48. The molecule has 8 nitrogen and oxygen atoms in total. The predicted molar refractivity (Wildman–Crippen MR) is 124 cm³/mol. The highest BCUT2D eigenvalue weighted by molar-refractivity contribution is 5.85. The summed E-state index contributed by atoms with van der Waals surface area (Å²) < 4.78 is 18.1. The first kappa shape index (κ1) is 24.6. The molecule has 0 aliphatic carbocycles. The number of ether oxygens (including phenoxy) is 1. The van der Waals surface area contributed by atoms with Crippen molar-refractivity contribution in [2.75, 3.05) is 51.3 Å². The molecule has 9 heteroatoms. The molecule has 0 saturated carbocycles. The van der Waals surface area contributed by atoms with Gasteiger partial charge in [0.05, 0.1) is 5.69 Å². The van der Waals surface area contributed by atoms with Gasteiger partial charge in [-0.3, -0.25) is 9.59 Å². The summed E-state index contributed by atoms with van der Waals surface area (Å²) in [6, 6.07) is 9.89. The van der Waals surface area contributed by atoms with Crippen LogP contribution in [0.3, 0.4) is 0 Å². The summed E-state index contributed by atoms with van der Waals surface area (Å²) in [5, 5.41) is 8.64. The van der Waals surface area contributed by atoms with Crippen molar-refractivity contribution in [1.82, 2.24) is 20.0 Å². The average molecular weight is 458 g/mol. The minimum atomic E-state index is -0.290. The first-order valence-corrected chi connectivity index (χ1v) is 11.3. The highest BCUT2D eigenvalue weighted by Gasteiger charge is 2.26. The maximum atomic E-state index is 13.1. The minimum Gasteiger partial charge on any atom is -0.375 e. The highest BCUT2D eigenvalue weighted by atomic mass is 19.1. The number of halogens is 1. The maximum absolute atomic E-state index is 13.1. The van der Waals surface area contributed by atoms with Crippen LogP contribution >= 0.6 is 0 Å². The molecule has 1 unspecified atom stereocenters. The van der Waals surface area contributed by atoms with Gasteiger partial charge in [-0.2, -0.15) is 0 Å². The Labute approximate surface area is 194 Å². The van der Waals surface area contributed by atoms with E-state index in [4.69, 9.17) is 4.74 Å². The number of rotatable bonds is 8. The van der Waals surface area contributed by atoms with Crippen molar-refractivity contribution < 1.29 is 18.7 Å². The fourth-order valence-electron chi connectivity index (χ4n) is 3.83. The second-order valence-corrected chi connectivity index (χ2v) is 8.22. The highest BCUT2D eigenvalue weighted by Crippen LogP contribution is 2.20. The number of nitrogens with zero attached hydrogens (tertiary/aromatic N) is 5. The van der Waals surface area contributed by atoms with E-state index >= 15 is 0 Å². The number of amides is 2. The fourth-order valence-corrected chi connectivity index (χ4v) is 3.83. The van der Waals surface area contributed by atoms with E-state index in [0.29, 0.717) is 25.3 Å². The molecular formula is C24H32FN5O3. The smallest absolute Gasteiger partial charge is 0.249 e. The number of methoxy groups -OCH3 is 1. The molecule has 2 aromatic rings. The molecule has 1 saturated heterocycles. The summed E-state index contributed by atoms with van der Waals surface area (Å²) in [6.45, 7) is 6.53. The Morgan fingerprint density at radius 3 is 2.48 bits per heavy atom. The largest absolute Gasteiger partial charge is 0.375 e. The number of benzene rings is 1. The lowest BCUT2D eigenvalue weighted by atomic mass is 10.1. The zero-order chi connectivity index (χ0) is 23.8. The van der Waals surface area contributed by atoms with Crippen molar-refractivity contribution in [1.29, 1.82) is 0 Å². The van der Waals surface area contributed by atoms with Gasteiger partial charge in [0.2, 0.25) is 11.8 Å². The summed E-state index contributed by atoms with van der Waals surface area (Å²) in [5.41, 5.74) is 1.48. The van der Waals surface area contributed by atoms with Crippen molar-refractivity contribution in [2.24, 2.45) is 0 Å². The molecule has 178 valence electrons. The third kappa shape index (κ3) is 6.47. The summed E-state index contributed by atoms with van der Waals surface area (Å²) in [5.74, 6) is 0.224. The molecule has 1 atom stereocenters. The molecule has 3 rings (SSSR count). The first-order chi connectivity index (χ1) is 15.9. The third-order valence-electron chi connectivity index (χ3n) is 5.98. The molecule has 0 N–H and O–H groups in total. The molecule has 1 aliphatic heterocycles. The van der Waals surface area contributed by atoms with E-state index in [0.717, 1.165) is 30.8 Å². The Hall–Kier alpha value is -3.07. The predicted octanol–water partition coefficient (Wildman–Crippen LogP) is 2.59. The number of carbonyl (C=O) groups excluding carboxylic acids is 2. The molecule has 0 radical (unpaired) electrons. The van der Waals surface area contributed by atoms with Gasteiger partial charge in [-0.25, -0.2) is 4.39 Å². The summed E-state index contributed by atoms with van der Waals surface area (Å²) in [4.78, 5) is 30.9. The van der Waals surface area contributed by atoms with Gasteiger partial charge in [0.15, 0.2) is 5.82 Å². The van der Waals surface area contributed by atoms with Gasteiger partial charge < -0.3 is 19.4 Å². The molecule has 1 aromatic heterocycles. The Kier molecular flexibility index (Phi) is 8.71. The van der Waals surface area contributed by atoms with Crippen LogP contribution in [-0.4, -0.2) is 84.3 Å². The van der Waals surface area contributed by atoms with Gasteiger partial charge in [-0.1, -0.05) is 6.92 Å². The molecule has 1 aliphatic rings. The average Bonchev–Trinajstić information content (AvgIpc) is 3.09. The van der Waals surface area contributed by atoms with Gasteiger partial charge in [0, 0.05) is 44.9 Å².